The molecule has 0 radical (unpaired) electrons. The van der Waals surface area contributed by atoms with Crippen LogP contribution < -0.4 is 0 Å². The van der Waals surface area contributed by atoms with E-state index in [0.29, 0.717) is 25.9 Å². The lowest BCUT2D eigenvalue weighted by Crippen LogP contribution is -2.60. The largest absolute Gasteiger partial charge is 0.458 e. The molecule has 288 valence electrons. The van der Waals surface area contributed by atoms with Crippen molar-refractivity contribution in [2.45, 2.75) is 122 Å². The molecule has 0 aromatic heterocycles. The van der Waals surface area contributed by atoms with Crippen molar-refractivity contribution >= 4 is 29.6 Å². The molecule has 4 heterocycles. The summed E-state index contributed by atoms with van der Waals surface area (Å²) in [5.74, 6) is -3.64. The SMILES string of the molecule is C[C@H]1C(=O)O[C@H](C)[C@@]2(C)OC(=O)N3CCN=C([C@H](C)C[C@](C)(OC/C=C/c4ccccc4)[C@H](OC4O[C@@H](C)C[C@@H](N(C)C)[C@@H]4O)[C@@H](C)C1=O)[C@H](C)[C@@H]32. The second-order valence-corrected chi connectivity index (χ2v) is 15.9. The van der Waals surface area contributed by atoms with Crippen molar-refractivity contribution in [3.05, 3.63) is 42.0 Å². The maximum absolute atomic E-state index is 14.4. The van der Waals surface area contributed by atoms with E-state index in [2.05, 4.69) is 6.92 Å². The number of benzene rings is 1. The Labute approximate surface area is 308 Å². The molecule has 1 aromatic carbocycles. The molecule has 0 saturated carbocycles. The summed E-state index contributed by atoms with van der Waals surface area (Å²) in [5.41, 5.74) is -0.452. The van der Waals surface area contributed by atoms with Gasteiger partial charge in [-0.05, 0) is 73.0 Å². The Hall–Kier alpha value is -3.16. The Bertz CT molecular complexity index is 1500. The number of carbonyl (C=O) groups is 3. The van der Waals surface area contributed by atoms with Gasteiger partial charge in [0.25, 0.3) is 0 Å². The summed E-state index contributed by atoms with van der Waals surface area (Å²) in [5, 5.41) is 11.6. The smallest absolute Gasteiger partial charge is 0.410 e. The number of likely N-dealkylation sites (N-methyl/N-ethyl adjacent to an activating group) is 1. The highest BCUT2D eigenvalue weighted by Gasteiger charge is 2.59. The molecule has 1 aromatic rings. The maximum Gasteiger partial charge on any atom is 0.410 e. The van der Waals surface area contributed by atoms with Gasteiger partial charge in [-0.3, -0.25) is 19.5 Å². The van der Waals surface area contributed by atoms with E-state index < -0.39 is 71.5 Å². The first-order valence-corrected chi connectivity index (χ1v) is 18.8. The standard InChI is InChI=1S/C40H59N3O9/c1-23-22-39(7,48-20-14-17-29-15-12-11-13-16-29)35(51-37-33(45)30(42(9)10)21-24(2)49-37)26(4)32(44)27(5)36(46)50-28(6)40(8)34-25(3)31(23)41-18-19-43(34)38(47)52-40/h11-17,23-28,30,33-35,37,45H,18-22H2,1-10H3/b17-14+/t23-,24+,25+,26+,27-,28-,30-,33+,34-,35-,37?,39+,40-/m1/s1. The third-order valence-electron chi connectivity index (χ3n) is 11.8. The average molecular weight is 726 g/mol. The van der Waals surface area contributed by atoms with E-state index in [1.165, 1.54) is 6.92 Å². The molecule has 12 heteroatoms. The van der Waals surface area contributed by atoms with Crippen LogP contribution in [-0.4, -0.2) is 126 Å². The molecule has 1 amide bonds. The van der Waals surface area contributed by atoms with Crippen LogP contribution in [0.15, 0.2) is 41.4 Å². The number of amides is 1. The van der Waals surface area contributed by atoms with Crippen LogP contribution in [-0.2, 0) is 33.3 Å². The molecular weight excluding hydrogens is 666 g/mol. The highest BCUT2D eigenvalue weighted by atomic mass is 16.7. The second-order valence-electron chi connectivity index (χ2n) is 15.9. The van der Waals surface area contributed by atoms with Crippen LogP contribution in [0.25, 0.3) is 6.08 Å². The predicted octanol–water partition coefficient (Wildman–Crippen LogP) is 4.77. The van der Waals surface area contributed by atoms with Crippen molar-refractivity contribution in [3.8, 4) is 0 Å². The van der Waals surface area contributed by atoms with Crippen LogP contribution in [0.4, 0.5) is 4.79 Å². The summed E-state index contributed by atoms with van der Waals surface area (Å²) >= 11 is 0. The lowest BCUT2D eigenvalue weighted by molar-refractivity contribution is -0.296. The average Bonchev–Trinajstić information content (AvgIpc) is 3.23. The van der Waals surface area contributed by atoms with Gasteiger partial charge in [-0.1, -0.05) is 63.3 Å². The van der Waals surface area contributed by atoms with Gasteiger partial charge in [0.1, 0.15) is 18.1 Å². The van der Waals surface area contributed by atoms with Gasteiger partial charge in [0.05, 0.1) is 37.0 Å². The minimum atomic E-state index is -1.18. The first kappa shape index (κ1) is 40.0. The van der Waals surface area contributed by atoms with Crippen LogP contribution in [0.1, 0.15) is 73.8 Å². The molecule has 4 aliphatic rings. The monoisotopic (exact) mass is 725 g/mol. The fourth-order valence-electron chi connectivity index (χ4n) is 8.85. The number of aliphatic hydroxyl groups is 1. The molecule has 0 spiro atoms. The fourth-order valence-corrected chi connectivity index (χ4v) is 8.85. The van der Waals surface area contributed by atoms with Crippen LogP contribution in [0.5, 0.6) is 0 Å². The van der Waals surface area contributed by atoms with Crippen LogP contribution >= 0.6 is 0 Å². The molecule has 1 N–H and O–H groups in total. The van der Waals surface area contributed by atoms with Crippen molar-refractivity contribution < 1.29 is 43.2 Å². The normalized spacial score (nSPS) is 40.6. The molecule has 13 atom stereocenters. The lowest BCUT2D eigenvalue weighted by Gasteiger charge is -2.47. The Morgan fingerprint density at radius 1 is 1.04 bits per heavy atom. The maximum atomic E-state index is 14.4. The second kappa shape index (κ2) is 16.1. The van der Waals surface area contributed by atoms with Crippen molar-refractivity contribution in [1.82, 2.24) is 9.80 Å². The van der Waals surface area contributed by atoms with Gasteiger partial charge in [0, 0.05) is 30.1 Å². The molecule has 12 nitrogen and oxygen atoms in total. The molecule has 2 bridgehead atoms. The topological polar surface area (TPSA) is 136 Å². The van der Waals surface area contributed by atoms with E-state index in [1.807, 2.05) is 82.3 Å². The van der Waals surface area contributed by atoms with Gasteiger partial charge in [-0.25, -0.2) is 4.79 Å². The van der Waals surface area contributed by atoms with Gasteiger partial charge in [-0.15, -0.1) is 0 Å². The van der Waals surface area contributed by atoms with E-state index in [1.54, 1.807) is 25.7 Å². The van der Waals surface area contributed by atoms with Crippen molar-refractivity contribution in [3.63, 3.8) is 0 Å². The first-order chi connectivity index (χ1) is 24.5. The number of aliphatic hydroxyl groups excluding tert-OH is 1. The van der Waals surface area contributed by atoms with Crippen LogP contribution in [0, 0.1) is 23.7 Å². The summed E-state index contributed by atoms with van der Waals surface area (Å²) < 4.78 is 31.9. The molecule has 0 aliphatic carbocycles. The fraction of sp³-hybridized carbons (Fsp3) is 0.700. The Morgan fingerprint density at radius 3 is 2.40 bits per heavy atom. The number of Topliss-reactive ketones (excluding diaryl/α,β-unsaturated/α-hetero) is 1. The first-order valence-electron chi connectivity index (χ1n) is 18.8. The number of ketones is 1. The quantitative estimate of drug-likeness (QED) is 0.309. The Morgan fingerprint density at radius 2 is 1.73 bits per heavy atom. The van der Waals surface area contributed by atoms with Gasteiger partial charge >= 0.3 is 12.1 Å². The molecule has 3 saturated heterocycles. The van der Waals surface area contributed by atoms with Crippen molar-refractivity contribution in [2.75, 3.05) is 33.8 Å². The molecule has 52 heavy (non-hydrogen) atoms. The molecule has 3 fully saturated rings. The summed E-state index contributed by atoms with van der Waals surface area (Å²) in [6.45, 7) is 15.7. The molecule has 4 aliphatic heterocycles. The number of aliphatic imine (C=N–C) groups is 1. The number of esters is 1. The zero-order valence-electron chi connectivity index (χ0n) is 32.5. The highest BCUT2D eigenvalue weighted by molar-refractivity contribution is 6.00. The number of hydrogen-bond acceptors (Lipinski definition) is 11. The third kappa shape index (κ3) is 8.01. The Balaban J connectivity index is 1.59. The number of cyclic esters (lactones) is 1. The summed E-state index contributed by atoms with van der Waals surface area (Å²) in [4.78, 5) is 50.2. The van der Waals surface area contributed by atoms with Gasteiger partial charge < -0.3 is 33.7 Å². The van der Waals surface area contributed by atoms with E-state index >= 15 is 0 Å². The number of ether oxygens (including phenoxy) is 5. The number of carbonyl (C=O) groups excluding carboxylic acids is 3. The van der Waals surface area contributed by atoms with Crippen LogP contribution in [0.2, 0.25) is 0 Å². The summed E-state index contributed by atoms with van der Waals surface area (Å²) in [6.07, 6.45) is 0.277. The van der Waals surface area contributed by atoms with Gasteiger partial charge in [0.15, 0.2) is 17.7 Å². The van der Waals surface area contributed by atoms with Gasteiger partial charge in [-0.2, -0.15) is 0 Å². The third-order valence-corrected chi connectivity index (χ3v) is 11.8. The number of hydrogen-bond donors (Lipinski definition) is 1. The van der Waals surface area contributed by atoms with E-state index in [-0.39, 0.29) is 30.6 Å². The van der Waals surface area contributed by atoms with Crippen molar-refractivity contribution in [1.29, 1.82) is 0 Å². The molecule has 1 unspecified atom stereocenters. The lowest BCUT2D eigenvalue weighted by atomic mass is 9.73. The minimum Gasteiger partial charge on any atom is -0.458 e. The zero-order valence-corrected chi connectivity index (χ0v) is 32.5. The minimum absolute atomic E-state index is 0.192. The van der Waals surface area contributed by atoms with E-state index in [4.69, 9.17) is 28.7 Å². The zero-order chi connectivity index (χ0) is 38.1. The molecular formula is C40H59N3O9. The molecule has 5 rings (SSSR count). The highest BCUT2D eigenvalue weighted by Crippen LogP contribution is 2.43. The summed E-state index contributed by atoms with van der Waals surface area (Å²) in [6, 6.07) is 9.17. The number of nitrogens with zero attached hydrogens (tertiary/aromatic N) is 3. The van der Waals surface area contributed by atoms with E-state index in [9.17, 15) is 19.5 Å². The van der Waals surface area contributed by atoms with E-state index in [0.717, 1.165) is 11.3 Å². The van der Waals surface area contributed by atoms with Crippen LogP contribution in [0.3, 0.4) is 0 Å². The van der Waals surface area contributed by atoms with Gasteiger partial charge in [0.2, 0.25) is 0 Å². The Kier molecular flexibility index (Phi) is 12.4. The number of fused-ring (bicyclic) bond motifs is 1. The predicted molar refractivity (Wildman–Crippen MR) is 197 cm³/mol. The summed E-state index contributed by atoms with van der Waals surface area (Å²) in [7, 11) is 3.81. The number of rotatable bonds is 7. The van der Waals surface area contributed by atoms with Crippen molar-refractivity contribution in [2.24, 2.45) is 28.7 Å².